The van der Waals surface area contributed by atoms with Crippen molar-refractivity contribution >= 4 is 5.91 Å². The van der Waals surface area contributed by atoms with Crippen molar-refractivity contribution in [2.75, 3.05) is 66.5 Å². The molecule has 1 aromatic rings. The molecule has 0 saturated carbocycles. The van der Waals surface area contributed by atoms with E-state index in [1.165, 1.54) is 6.07 Å². The van der Waals surface area contributed by atoms with Gasteiger partial charge in [0.2, 0.25) is 5.91 Å². The van der Waals surface area contributed by atoms with Gasteiger partial charge in [-0.1, -0.05) is 18.2 Å². The Hall–Kier alpha value is -1.54. The van der Waals surface area contributed by atoms with Gasteiger partial charge in [-0.25, -0.2) is 4.39 Å². The first-order valence-electron chi connectivity index (χ1n) is 11.8. The normalized spacial score (nSPS) is 20.8. The Balaban J connectivity index is 1.53. The Morgan fingerprint density at radius 1 is 1.16 bits per heavy atom. The minimum absolute atomic E-state index is 0.132. The summed E-state index contributed by atoms with van der Waals surface area (Å²) in [6.07, 6.45) is 4.95. The summed E-state index contributed by atoms with van der Waals surface area (Å²) in [4.78, 5) is 25.2. The fourth-order valence-electron chi connectivity index (χ4n) is 4.46. The van der Waals surface area contributed by atoms with Gasteiger partial charge in [-0.15, -0.1) is 0 Å². The minimum atomic E-state index is -0.132. The van der Waals surface area contributed by atoms with Crippen LogP contribution >= 0.6 is 0 Å². The Bertz CT molecular complexity index is 681. The number of benzene rings is 1. The second kappa shape index (κ2) is 12.5. The van der Waals surface area contributed by atoms with Crippen molar-refractivity contribution in [2.45, 2.75) is 38.6 Å². The minimum Gasteiger partial charge on any atom is -0.341 e. The van der Waals surface area contributed by atoms with Gasteiger partial charge >= 0.3 is 0 Å². The molecule has 0 aromatic heterocycles. The van der Waals surface area contributed by atoms with Crippen molar-refractivity contribution in [2.24, 2.45) is 5.92 Å². The third kappa shape index (κ3) is 8.15. The van der Waals surface area contributed by atoms with Crippen LogP contribution in [0.15, 0.2) is 24.3 Å². The van der Waals surface area contributed by atoms with Crippen LogP contribution in [-0.4, -0.2) is 92.2 Å². The van der Waals surface area contributed by atoms with Gasteiger partial charge in [-0.05, 0) is 58.3 Å². The van der Waals surface area contributed by atoms with E-state index < -0.39 is 0 Å². The van der Waals surface area contributed by atoms with E-state index in [9.17, 15) is 9.18 Å². The monoisotopic (exact) mass is 434 g/mol. The number of carbonyl (C=O) groups excluding carboxylic acids is 1. The van der Waals surface area contributed by atoms with Gasteiger partial charge in [-0.2, -0.15) is 5.06 Å². The zero-order valence-electron chi connectivity index (χ0n) is 19.3. The lowest BCUT2D eigenvalue weighted by atomic mass is 9.96. The van der Waals surface area contributed by atoms with Crippen LogP contribution in [0.1, 0.15) is 37.7 Å². The van der Waals surface area contributed by atoms with Crippen LogP contribution in [0.25, 0.3) is 0 Å². The predicted molar refractivity (Wildman–Crippen MR) is 121 cm³/mol. The van der Waals surface area contributed by atoms with Crippen LogP contribution in [-0.2, 0) is 16.2 Å². The SMILES string of the molecule is CN(C)CCN(C[C@H]1CCCN(Cc2ccccc2F)C1)C(=O)CCN1CCCCO1. The number of piperidine rings is 1. The summed E-state index contributed by atoms with van der Waals surface area (Å²) in [6, 6.07) is 7.04. The van der Waals surface area contributed by atoms with E-state index in [4.69, 9.17) is 4.84 Å². The molecular formula is C24H39FN4O2. The smallest absolute Gasteiger partial charge is 0.224 e. The van der Waals surface area contributed by atoms with E-state index >= 15 is 0 Å². The summed E-state index contributed by atoms with van der Waals surface area (Å²) in [6.45, 7) is 7.27. The molecule has 0 aliphatic carbocycles. The number of rotatable bonds is 10. The molecule has 6 nitrogen and oxygen atoms in total. The molecule has 0 N–H and O–H groups in total. The fourth-order valence-corrected chi connectivity index (χ4v) is 4.46. The Kier molecular flexibility index (Phi) is 9.71. The fraction of sp³-hybridized carbons (Fsp3) is 0.708. The van der Waals surface area contributed by atoms with Crippen molar-refractivity contribution in [3.8, 4) is 0 Å². The molecule has 3 rings (SSSR count). The quantitative estimate of drug-likeness (QED) is 0.566. The van der Waals surface area contributed by atoms with E-state index in [-0.39, 0.29) is 11.7 Å². The standard InChI is InChI=1S/C24H39FN4O2/c1-26(2)15-16-28(24(30)11-14-29-13-5-6-17-31-29)19-21-8-7-12-27(18-21)20-22-9-3-4-10-23(22)25/h3-4,9-10,21H,5-8,11-20H2,1-2H3/t21-/m0/s1. The molecule has 31 heavy (non-hydrogen) atoms. The molecule has 174 valence electrons. The van der Waals surface area contributed by atoms with Crippen LogP contribution in [0.4, 0.5) is 4.39 Å². The lowest BCUT2D eigenvalue weighted by molar-refractivity contribution is -0.182. The van der Waals surface area contributed by atoms with Crippen LogP contribution < -0.4 is 0 Å². The van der Waals surface area contributed by atoms with Gasteiger partial charge in [0.05, 0.1) is 6.61 Å². The molecule has 0 spiro atoms. The first-order valence-corrected chi connectivity index (χ1v) is 11.8. The molecule has 7 heteroatoms. The molecule has 2 heterocycles. The number of halogens is 1. The zero-order chi connectivity index (χ0) is 22.1. The molecule has 0 radical (unpaired) electrons. The van der Waals surface area contributed by atoms with Gasteiger partial charge in [0.15, 0.2) is 0 Å². The second-order valence-electron chi connectivity index (χ2n) is 9.20. The Morgan fingerprint density at radius 3 is 2.74 bits per heavy atom. The number of likely N-dealkylation sites (tertiary alicyclic amines) is 1. The lowest BCUT2D eigenvalue weighted by Crippen LogP contribution is -2.45. The molecule has 2 saturated heterocycles. The van der Waals surface area contributed by atoms with Crippen LogP contribution in [0, 0.1) is 11.7 Å². The summed E-state index contributed by atoms with van der Waals surface area (Å²) in [7, 11) is 4.09. The lowest BCUT2D eigenvalue weighted by Gasteiger charge is -2.36. The maximum atomic E-state index is 14.1. The second-order valence-corrected chi connectivity index (χ2v) is 9.20. The van der Waals surface area contributed by atoms with E-state index in [0.29, 0.717) is 25.4 Å². The summed E-state index contributed by atoms with van der Waals surface area (Å²) < 4.78 is 14.1. The van der Waals surface area contributed by atoms with Crippen molar-refractivity contribution in [3.63, 3.8) is 0 Å². The highest BCUT2D eigenvalue weighted by Gasteiger charge is 2.25. The third-order valence-electron chi connectivity index (χ3n) is 6.25. The van der Waals surface area contributed by atoms with E-state index in [2.05, 4.69) is 9.80 Å². The average Bonchev–Trinajstić information content (AvgIpc) is 2.77. The van der Waals surface area contributed by atoms with Crippen LogP contribution in [0.5, 0.6) is 0 Å². The molecule has 1 aromatic carbocycles. The molecular weight excluding hydrogens is 395 g/mol. The largest absolute Gasteiger partial charge is 0.341 e. The molecule has 2 fully saturated rings. The number of amides is 1. The van der Waals surface area contributed by atoms with Gasteiger partial charge in [0, 0.05) is 57.8 Å². The van der Waals surface area contributed by atoms with Crippen molar-refractivity contribution in [3.05, 3.63) is 35.6 Å². The van der Waals surface area contributed by atoms with Gasteiger partial charge in [-0.3, -0.25) is 14.5 Å². The number of carbonyl (C=O) groups is 1. The Labute approximate surface area is 186 Å². The highest BCUT2D eigenvalue weighted by atomic mass is 19.1. The first kappa shape index (κ1) is 24.1. The average molecular weight is 435 g/mol. The summed E-state index contributed by atoms with van der Waals surface area (Å²) in [5, 5.41) is 1.95. The van der Waals surface area contributed by atoms with Crippen LogP contribution in [0.2, 0.25) is 0 Å². The highest BCUT2D eigenvalue weighted by Crippen LogP contribution is 2.21. The zero-order valence-corrected chi connectivity index (χ0v) is 19.3. The molecule has 1 amide bonds. The van der Waals surface area contributed by atoms with Crippen molar-refractivity contribution in [1.82, 2.24) is 19.8 Å². The highest BCUT2D eigenvalue weighted by molar-refractivity contribution is 5.76. The van der Waals surface area contributed by atoms with Gasteiger partial charge < -0.3 is 9.80 Å². The van der Waals surface area contributed by atoms with Gasteiger partial charge in [0.1, 0.15) is 5.82 Å². The summed E-state index contributed by atoms with van der Waals surface area (Å²) in [5.74, 6) is 0.507. The predicted octanol–water partition coefficient (Wildman–Crippen LogP) is 2.85. The topological polar surface area (TPSA) is 39.3 Å². The maximum absolute atomic E-state index is 14.1. The van der Waals surface area contributed by atoms with Crippen molar-refractivity contribution in [1.29, 1.82) is 0 Å². The number of nitrogens with zero attached hydrogens (tertiary/aromatic N) is 4. The van der Waals surface area contributed by atoms with Gasteiger partial charge in [0.25, 0.3) is 0 Å². The number of likely N-dealkylation sites (N-methyl/N-ethyl adjacent to an activating group) is 1. The first-order chi connectivity index (χ1) is 15.0. The molecule has 0 unspecified atom stereocenters. The molecule has 2 aliphatic rings. The van der Waals surface area contributed by atoms with Crippen LogP contribution in [0.3, 0.4) is 0 Å². The molecule has 0 bridgehead atoms. The van der Waals surface area contributed by atoms with E-state index in [1.54, 1.807) is 6.07 Å². The van der Waals surface area contributed by atoms with Crippen molar-refractivity contribution < 1.29 is 14.0 Å². The number of hydrogen-bond donors (Lipinski definition) is 0. The third-order valence-corrected chi connectivity index (χ3v) is 6.25. The number of hydrogen-bond acceptors (Lipinski definition) is 5. The molecule has 2 aliphatic heterocycles. The van der Waals surface area contributed by atoms with E-state index in [1.807, 2.05) is 36.2 Å². The number of hydroxylamine groups is 2. The molecule has 1 atom stereocenters. The maximum Gasteiger partial charge on any atom is 0.224 e. The van der Waals surface area contributed by atoms with E-state index in [0.717, 1.165) is 77.1 Å². The summed E-state index contributed by atoms with van der Waals surface area (Å²) in [5.41, 5.74) is 0.755. The Morgan fingerprint density at radius 2 is 2.00 bits per heavy atom. The summed E-state index contributed by atoms with van der Waals surface area (Å²) >= 11 is 0.